The molecule has 0 saturated heterocycles. The Balaban J connectivity index is 2.96. The van der Waals surface area contributed by atoms with Crippen LogP contribution in [0.15, 0.2) is 18.2 Å². The van der Waals surface area contributed by atoms with Crippen LogP contribution in [0.4, 0.5) is 0 Å². The fourth-order valence-electron chi connectivity index (χ4n) is 0.609. The van der Waals surface area contributed by atoms with Crippen LogP contribution in [0.3, 0.4) is 0 Å². The molecule has 0 aliphatic heterocycles. The molecule has 0 spiro atoms. The molecular formula is C6H5BClO2. The van der Waals surface area contributed by atoms with E-state index in [1.165, 1.54) is 12.1 Å². The fraction of sp³-hybridized carbons (Fsp3) is 0. The van der Waals surface area contributed by atoms with Crippen LogP contribution in [-0.2, 0) is 0 Å². The van der Waals surface area contributed by atoms with Crippen molar-refractivity contribution < 1.29 is 10.0 Å². The highest BCUT2D eigenvalue weighted by Gasteiger charge is 2.09. The van der Waals surface area contributed by atoms with Crippen LogP contribution in [0.5, 0.6) is 0 Å². The molecule has 4 heteroatoms. The molecule has 1 rings (SSSR count). The minimum absolute atomic E-state index is 0.354. The van der Waals surface area contributed by atoms with Crippen molar-refractivity contribution in [1.82, 2.24) is 0 Å². The second-order valence-electron chi connectivity index (χ2n) is 1.86. The first-order valence-corrected chi connectivity index (χ1v) is 3.10. The molecule has 0 bridgehead atoms. The first kappa shape index (κ1) is 7.60. The maximum atomic E-state index is 8.63. The maximum absolute atomic E-state index is 8.63. The Labute approximate surface area is 64.2 Å². The molecule has 2 N–H and O–H groups in total. The minimum Gasteiger partial charge on any atom is -0.423 e. The molecular weight excluding hydrogens is 150 g/mol. The summed E-state index contributed by atoms with van der Waals surface area (Å²) in [7, 11) is -1.46. The van der Waals surface area contributed by atoms with E-state index < -0.39 is 7.12 Å². The second-order valence-corrected chi connectivity index (χ2v) is 2.29. The Bertz CT molecular complexity index is 227. The van der Waals surface area contributed by atoms with Crippen LogP contribution in [0.1, 0.15) is 0 Å². The largest absolute Gasteiger partial charge is 0.488 e. The standard InChI is InChI=1S/C6H5BClO2/c8-6-3-1-2-5(4-6)7(9)10/h2-4,9-10H. The Hall–Kier alpha value is -0.505. The van der Waals surface area contributed by atoms with Gasteiger partial charge in [0.15, 0.2) is 0 Å². The summed E-state index contributed by atoms with van der Waals surface area (Å²) in [5, 5.41) is 17.7. The zero-order valence-corrected chi connectivity index (χ0v) is 5.84. The van der Waals surface area contributed by atoms with Crippen molar-refractivity contribution in [3.8, 4) is 0 Å². The Morgan fingerprint density at radius 3 is 2.50 bits per heavy atom. The third-order valence-electron chi connectivity index (χ3n) is 1.07. The van der Waals surface area contributed by atoms with E-state index in [-0.39, 0.29) is 0 Å². The lowest BCUT2D eigenvalue weighted by Crippen LogP contribution is -2.29. The maximum Gasteiger partial charge on any atom is 0.488 e. The topological polar surface area (TPSA) is 40.5 Å². The van der Waals surface area contributed by atoms with Gasteiger partial charge in [0.05, 0.1) is 0 Å². The first-order valence-electron chi connectivity index (χ1n) is 2.73. The van der Waals surface area contributed by atoms with E-state index in [9.17, 15) is 0 Å². The summed E-state index contributed by atoms with van der Waals surface area (Å²) in [5.41, 5.74) is 0.354. The van der Waals surface area contributed by atoms with Gasteiger partial charge in [0.25, 0.3) is 0 Å². The predicted molar refractivity (Wildman–Crippen MR) is 40.1 cm³/mol. The summed E-state index contributed by atoms with van der Waals surface area (Å²) in [4.78, 5) is 0. The average molecular weight is 155 g/mol. The van der Waals surface area contributed by atoms with Gasteiger partial charge < -0.3 is 10.0 Å². The molecule has 0 aliphatic carbocycles. The van der Waals surface area contributed by atoms with Crippen LogP contribution in [0.2, 0.25) is 5.02 Å². The lowest BCUT2D eigenvalue weighted by atomic mass is 9.81. The molecule has 0 heterocycles. The highest BCUT2D eigenvalue weighted by atomic mass is 35.5. The summed E-state index contributed by atoms with van der Waals surface area (Å²) in [5.74, 6) is 0. The fourth-order valence-corrected chi connectivity index (χ4v) is 0.798. The molecule has 0 aromatic heterocycles. The lowest BCUT2D eigenvalue weighted by Gasteiger charge is -1.96. The number of benzene rings is 1. The van der Waals surface area contributed by atoms with E-state index in [2.05, 4.69) is 6.07 Å². The van der Waals surface area contributed by atoms with Crippen LogP contribution >= 0.6 is 11.6 Å². The van der Waals surface area contributed by atoms with Crippen molar-refractivity contribution in [3.05, 3.63) is 29.3 Å². The van der Waals surface area contributed by atoms with Crippen molar-refractivity contribution >= 4 is 24.2 Å². The molecule has 51 valence electrons. The first-order chi connectivity index (χ1) is 4.70. The zero-order chi connectivity index (χ0) is 7.56. The van der Waals surface area contributed by atoms with E-state index in [0.717, 1.165) is 0 Å². The number of hydrogen-bond donors (Lipinski definition) is 2. The normalized spacial score (nSPS) is 9.50. The SMILES string of the molecule is OB(O)c1c[c]cc(Cl)c1. The highest BCUT2D eigenvalue weighted by molar-refractivity contribution is 6.58. The Morgan fingerprint density at radius 1 is 1.40 bits per heavy atom. The predicted octanol–water partition coefficient (Wildman–Crippen LogP) is -0.180. The monoisotopic (exact) mass is 155 g/mol. The summed E-state index contributed by atoms with van der Waals surface area (Å²) in [6.45, 7) is 0. The molecule has 0 unspecified atom stereocenters. The summed E-state index contributed by atoms with van der Waals surface area (Å²) in [6.07, 6.45) is 0. The van der Waals surface area contributed by atoms with Crippen molar-refractivity contribution in [2.24, 2.45) is 0 Å². The van der Waals surface area contributed by atoms with Gasteiger partial charge in [-0.25, -0.2) is 0 Å². The van der Waals surface area contributed by atoms with E-state index >= 15 is 0 Å². The highest BCUT2D eigenvalue weighted by Crippen LogP contribution is 2.02. The van der Waals surface area contributed by atoms with Gasteiger partial charge in [-0.05, 0) is 23.7 Å². The van der Waals surface area contributed by atoms with Gasteiger partial charge in [-0.2, -0.15) is 0 Å². The van der Waals surface area contributed by atoms with Crippen LogP contribution in [0, 0.1) is 6.07 Å². The van der Waals surface area contributed by atoms with Gasteiger partial charge in [0, 0.05) is 5.02 Å². The van der Waals surface area contributed by atoms with Crippen molar-refractivity contribution in [2.75, 3.05) is 0 Å². The molecule has 0 amide bonds. The van der Waals surface area contributed by atoms with Gasteiger partial charge >= 0.3 is 7.12 Å². The molecule has 1 radical (unpaired) electrons. The lowest BCUT2D eigenvalue weighted by molar-refractivity contribution is 0.426. The van der Waals surface area contributed by atoms with Crippen molar-refractivity contribution in [2.45, 2.75) is 0 Å². The molecule has 0 fully saturated rings. The third kappa shape index (κ3) is 1.74. The quantitative estimate of drug-likeness (QED) is 0.552. The molecule has 1 aromatic rings. The molecule has 0 saturated carbocycles. The smallest absolute Gasteiger partial charge is 0.423 e. The number of rotatable bonds is 1. The van der Waals surface area contributed by atoms with Gasteiger partial charge in [0.2, 0.25) is 0 Å². The van der Waals surface area contributed by atoms with Gasteiger partial charge in [-0.3, -0.25) is 0 Å². The van der Waals surface area contributed by atoms with Crippen LogP contribution in [0.25, 0.3) is 0 Å². The van der Waals surface area contributed by atoms with Crippen molar-refractivity contribution in [1.29, 1.82) is 0 Å². The van der Waals surface area contributed by atoms with Crippen LogP contribution in [-0.4, -0.2) is 17.2 Å². The van der Waals surface area contributed by atoms with E-state index in [1.807, 2.05) is 0 Å². The molecule has 1 aromatic carbocycles. The van der Waals surface area contributed by atoms with Crippen molar-refractivity contribution in [3.63, 3.8) is 0 Å². The Kier molecular flexibility index (Phi) is 2.32. The van der Waals surface area contributed by atoms with E-state index in [0.29, 0.717) is 10.5 Å². The molecule has 10 heavy (non-hydrogen) atoms. The molecule has 0 aliphatic rings. The summed E-state index contributed by atoms with van der Waals surface area (Å²) < 4.78 is 0. The third-order valence-corrected chi connectivity index (χ3v) is 1.29. The van der Waals surface area contributed by atoms with Crippen LogP contribution < -0.4 is 5.46 Å². The minimum atomic E-state index is -1.46. The van der Waals surface area contributed by atoms with Gasteiger partial charge in [-0.1, -0.05) is 17.7 Å². The summed E-state index contributed by atoms with van der Waals surface area (Å²) >= 11 is 5.54. The molecule has 2 nitrogen and oxygen atoms in total. The molecule has 0 atom stereocenters. The Morgan fingerprint density at radius 2 is 2.10 bits per heavy atom. The van der Waals surface area contributed by atoms with E-state index in [1.54, 1.807) is 6.07 Å². The average Bonchev–Trinajstić information content (AvgIpc) is 1.88. The van der Waals surface area contributed by atoms with Gasteiger partial charge in [0.1, 0.15) is 0 Å². The van der Waals surface area contributed by atoms with E-state index in [4.69, 9.17) is 21.6 Å². The summed E-state index contributed by atoms with van der Waals surface area (Å²) in [6, 6.07) is 7.15. The second kappa shape index (κ2) is 3.06. The number of halogens is 1. The van der Waals surface area contributed by atoms with Gasteiger partial charge in [-0.15, -0.1) is 0 Å². The zero-order valence-electron chi connectivity index (χ0n) is 5.08. The number of hydrogen-bond acceptors (Lipinski definition) is 2.